The first-order chi connectivity index (χ1) is 13.0. The molecule has 3 rings (SSSR count). The molecule has 0 radical (unpaired) electrons. The molecule has 1 heterocycles. The summed E-state index contributed by atoms with van der Waals surface area (Å²) < 4.78 is 1.77. The van der Waals surface area contributed by atoms with Crippen LogP contribution in [0.25, 0.3) is 11.4 Å². The molecule has 0 bridgehead atoms. The van der Waals surface area contributed by atoms with Gasteiger partial charge >= 0.3 is 0 Å². The Morgan fingerprint density at radius 3 is 2.59 bits per heavy atom. The quantitative estimate of drug-likeness (QED) is 0.381. The number of halogens is 1. The second-order valence-corrected chi connectivity index (χ2v) is 6.84. The third-order valence-corrected chi connectivity index (χ3v) is 4.99. The summed E-state index contributed by atoms with van der Waals surface area (Å²) in [6, 6.07) is 13.0. The SMILES string of the molecule is Cn1c(SCC(=O)Nc2ccc([N+](=O)[O-])cc2)nnc1-c1ccccc1Cl. The lowest BCUT2D eigenvalue weighted by atomic mass is 10.2. The van der Waals surface area contributed by atoms with Gasteiger partial charge in [-0.15, -0.1) is 10.2 Å². The van der Waals surface area contributed by atoms with Crippen molar-refractivity contribution in [1.82, 2.24) is 14.8 Å². The zero-order valence-corrected chi connectivity index (χ0v) is 15.7. The predicted molar refractivity (Wildman–Crippen MR) is 104 cm³/mol. The number of nitrogens with zero attached hydrogens (tertiary/aromatic N) is 4. The van der Waals surface area contributed by atoms with Crippen LogP contribution in [0, 0.1) is 10.1 Å². The number of non-ortho nitro benzene ring substituents is 1. The van der Waals surface area contributed by atoms with Crippen LogP contribution in [-0.2, 0) is 11.8 Å². The average molecular weight is 404 g/mol. The van der Waals surface area contributed by atoms with Crippen molar-refractivity contribution in [2.75, 3.05) is 11.1 Å². The predicted octanol–water partition coefficient (Wildman–Crippen LogP) is 3.77. The van der Waals surface area contributed by atoms with Crippen molar-refractivity contribution in [3.63, 3.8) is 0 Å². The van der Waals surface area contributed by atoms with E-state index in [-0.39, 0.29) is 17.3 Å². The number of anilines is 1. The van der Waals surface area contributed by atoms with E-state index in [1.54, 1.807) is 17.7 Å². The lowest BCUT2D eigenvalue weighted by Crippen LogP contribution is -2.14. The third-order valence-electron chi connectivity index (χ3n) is 3.64. The number of hydrogen-bond acceptors (Lipinski definition) is 6. The molecule has 10 heteroatoms. The molecule has 3 aromatic rings. The van der Waals surface area contributed by atoms with Gasteiger partial charge in [-0.1, -0.05) is 35.5 Å². The summed E-state index contributed by atoms with van der Waals surface area (Å²) >= 11 is 7.42. The Balaban J connectivity index is 1.62. The van der Waals surface area contributed by atoms with Crippen LogP contribution in [-0.4, -0.2) is 31.3 Å². The van der Waals surface area contributed by atoms with Crippen LogP contribution in [0.15, 0.2) is 53.7 Å². The number of hydrogen-bond donors (Lipinski definition) is 1. The molecule has 0 saturated heterocycles. The summed E-state index contributed by atoms with van der Waals surface area (Å²) in [6.07, 6.45) is 0. The Morgan fingerprint density at radius 1 is 1.22 bits per heavy atom. The molecular weight excluding hydrogens is 390 g/mol. The largest absolute Gasteiger partial charge is 0.325 e. The molecule has 1 amide bonds. The number of carbonyl (C=O) groups excluding carboxylic acids is 1. The maximum Gasteiger partial charge on any atom is 0.269 e. The number of nitrogens with one attached hydrogen (secondary N) is 1. The Morgan fingerprint density at radius 2 is 1.93 bits per heavy atom. The van der Waals surface area contributed by atoms with Gasteiger partial charge in [0.1, 0.15) is 0 Å². The Labute approximate surface area is 163 Å². The second kappa shape index (κ2) is 8.19. The average Bonchev–Trinajstić information content (AvgIpc) is 3.01. The van der Waals surface area contributed by atoms with Crippen molar-refractivity contribution in [2.24, 2.45) is 7.05 Å². The molecule has 8 nitrogen and oxygen atoms in total. The van der Waals surface area contributed by atoms with Crippen molar-refractivity contribution in [3.05, 3.63) is 63.7 Å². The smallest absolute Gasteiger partial charge is 0.269 e. The lowest BCUT2D eigenvalue weighted by molar-refractivity contribution is -0.384. The minimum atomic E-state index is -0.494. The van der Waals surface area contributed by atoms with Crippen molar-refractivity contribution < 1.29 is 9.72 Å². The van der Waals surface area contributed by atoms with Crippen LogP contribution in [0.3, 0.4) is 0 Å². The Bertz CT molecular complexity index is 990. The summed E-state index contributed by atoms with van der Waals surface area (Å²) in [5.41, 5.74) is 1.21. The number of rotatable bonds is 6. The molecule has 0 atom stereocenters. The van der Waals surface area contributed by atoms with Gasteiger partial charge < -0.3 is 9.88 Å². The molecule has 2 aromatic carbocycles. The molecule has 1 N–H and O–H groups in total. The van der Waals surface area contributed by atoms with E-state index in [1.807, 2.05) is 18.2 Å². The lowest BCUT2D eigenvalue weighted by Gasteiger charge is -2.06. The summed E-state index contributed by atoms with van der Waals surface area (Å²) in [7, 11) is 1.80. The van der Waals surface area contributed by atoms with Crippen molar-refractivity contribution in [3.8, 4) is 11.4 Å². The van der Waals surface area contributed by atoms with E-state index in [4.69, 9.17) is 11.6 Å². The molecule has 27 heavy (non-hydrogen) atoms. The molecule has 0 aliphatic rings. The number of carbonyl (C=O) groups is 1. The first-order valence-corrected chi connectivity index (χ1v) is 9.13. The highest BCUT2D eigenvalue weighted by Gasteiger charge is 2.15. The summed E-state index contributed by atoms with van der Waals surface area (Å²) in [5, 5.41) is 22.7. The van der Waals surface area contributed by atoms with E-state index in [2.05, 4.69) is 15.5 Å². The zero-order valence-electron chi connectivity index (χ0n) is 14.1. The van der Waals surface area contributed by atoms with Crippen LogP contribution in [0.1, 0.15) is 0 Å². The van der Waals surface area contributed by atoms with E-state index >= 15 is 0 Å². The molecule has 0 saturated carbocycles. The molecule has 0 aliphatic carbocycles. The number of nitro groups is 1. The van der Waals surface area contributed by atoms with Crippen LogP contribution < -0.4 is 5.32 Å². The first-order valence-electron chi connectivity index (χ1n) is 7.77. The minimum absolute atomic E-state index is 0.0337. The number of nitro benzene ring substituents is 1. The molecule has 138 valence electrons. The van der Waals surface area contributed by atoms with Crippen molar-refractivity contribution in [2.45, 2.75) is 5.16 Å². The van der Waals surface area contributed by atoms with E-state index in [9.17, 15) is 14.9 Å². The topological polar surface area (TPSA) is 103 Å². The fourth-order valence-corrected chi connectivity index (χ4v) is 3.24. The van der Waals surface area contributed by atoms with Crippen molar-refractivity contribution in [1.29, 1.82) is 0 Å². The Kier molecular flexibility index (Phi) is 5.72. The Hall–Kier alpha value is -2.91. The van der Waals surface area contributed by atoms with Crippen molar-refractivity contribution >= 4 is 40.6 Å². The van der Waals surface area contributed by atoms with Crippen LogP contribution in [0.4, 0.5) is 11.4 Å². The molecule has 0 spiro atoms. The highest BCUT2D eigenvalue weighted by molar-refractivity contribution is 7.99. The van der Waals surface area contributed by atoms with Gasteiger partial charge in [-0.05, 0) is 24.3 Å². The molecule has 0 fully saturated rings. The van der Waals surface area contributed by atoms with Gasteiger partial charge in [0.05, 0.1) is 15.7 Å². The normalized spacial score (nSPS) is 10.6. The van der Waals surface area contributed by atoms with Gasteiger partial charge in [0.15, 0.2) is 11.0 Å². The highest BCUT2D eigenvalue weighted by Crippen LogP contribution is 2.28. The second-order valence-electron chi connectivity index (χ2n) is 5.49. The fraction of sp³-hybridized carbons (Fsp3) is 0.118. The van der Waals surface area contributed by atoms with Gasteiger partial charge in [0.25, 0.3) is 5.69 Å². The fourth-order valence-electron chi connectivity index (χ4n) is 2.31. The van der Waals surface area contributed by atoms with Gasteiger partial charge in [-0.3, -0.25) is 14.9 Å². The number of aromatic nitrogens is 3. The summed E-state index contributed by atoms with van der Waals surface area (Å²) in [5.74, 6) is 0.473. The molecule has 0 unspecified atom stereocenters. The maximum absolute atomic E-state index is 12.1. The van der Waals surface area contributed by atoms with E-state index < -0.39 is 4.92 Å². The van der Waals surface area contributed by atoms with E-state index in [0.29, 0.717) is 21.7 Å². The zero-order chi connectivity index (χ0) is 19.4. The maximum atomic E-state index is 12.1. The standard InChI is InChI=1S/C17H14ClN5O3S/c1-22-16(13-4-2-3-5-14(13)18)20-21-17(22)27-10-15(24)19-11-6-8-12(9-7-11)23(25)26/h2-9H,10H2,1H3,(H,19,24). The van der Waals surface area contributed by atoms with E-state index in [1.165, 1.54) is 36.0 Å². The van der Waals surface area contributed by atoms with Crippen LogP contribution in [0.2, 0.25) is 5.02 Å². The van der Waals surface area contributed by atoms with Crippen LogP contribution in [0.5, 0.6) is 0 Å². The summed E-state index contributed by atoms with van der Waals surface area (Å²) in [4.78, 5) is 22.3. The van der Waals surface area contributed by atoms with Gasteiger partial charge in [0.2, 0.25) is 5.91 Å². The summed E-state index contributed by atoms with van der Waals surface area (Å²) in [6.45, 7) is 0. The van der Waals surface area contributed by atoms with Crippen LogP contribution >= 0.6 is 23.4 Å². The third kappa shape index (κ3) is 4.44. The molecule has 1 aromatic heterocycles. The van der Waals surface area contributed by atoms with Gasteiger partial charge in [-0.2, -0.15) is 0 Å². The number of benzene rings is 2. The number of thioether (sulfide) groups is 1. The molecular formula is C17H14ClN5O3S. The van der Waals surface area contributed by atoms with Gasteiger partial charge in [-0.25, -0.2) is 0 Å². The van der Waals surface area contributed by atoms with Gasteiger partial charge in [0, 0.05) is 30.4 Å². The monoisotopic (exact) mass is 403 g/mol. The highest BCUT2D eigenvalue weighted by atomic mass is 35.5. The molecule has 0 aliphatic heterocycles. The minimum Gasteiger partial charge on any atom is -0.325 e. The number of amides is 1. The first kappa shape index (κ1) is 18.9. The van der Waals surface area contributed by atoms with E-state index in [0.717, 1.165) is 5.56 Å².